The highest BCUT2D eigenvalue weighted by molar-refractivity contribution is 7.15. The maximum Gasteiger partial charge on any atom is 0.471 e. The number of halogens is 3. The second kappa shape index (κ2) is 5.45. The number of hydrogen-bond donors (Lipinski definition) is 0. The van der Waals surface area contributed by atoms with E-state index in [0.717, 1.165) is 15.9 Å². The average molecular weight is 350 g/mol. The Morgan fingerprint density at radius 3 is 2.83 bits per heavy atom. The van der Waals surface area contributed by atoms with Gasteiger partial charge >= 0.3 is 12.1 Å². The molecule has 122 valence electrons. The standard InChI is InChI=1S/C15H9F3N4OS/c16-15(17,18)14-20-12(21-23-14)11-4-3-10(24-11)8-22-7-5-9-2-1-6-19-13(9)22/h1-7H,8H2. The number of alkyl halides is 3. The molecule has 4 rings (SSSR count). The largest absolute Gasteiger partial charge is 0.471 e. The van der Waals surface area contributed by atoms with E-state index in [-0.39, 0.29) is 5.82 Å². The number of thiophene rings is 1. The van der Waals surface area contributed by atoms with Crippen LogP contribution in [-0.4, -0.2) is 19.7 Å². The van der Waals surface area contributed by atoms with Crippen LogP contribution >= 0.6 is 11.3 Å². The Morgan fingerprint density at radius 1 is 1.17 bits per heavy atom. The number of pyridine rings is 1. The van der Waals surface area contributed by atoms with Gasteiger partial charge in [-0.05, 0) is 30.3 Å². The molecule has 24 heavy (non-hydrogen) atoms. The van der Waals surface area contributed by atoms with Crippen molar-refractivity contribution in [2.45, 2.75) is 12.7 Å². The highest BCUT2D eigenvalue weighted by atomic mass is 32.1. The van der Waals surface area contributed by atoms with E-state index >= 15 is 0 Å². The van der Waals surface area contributed by atoms with Crippen molar-refractivity contribution in [1.82, 2.24) is 19.7 Å². The minimum Gasteiger partial charge on any atom is -0.329 e. The monoisotopic (exact) mass is 350 g/mol. The van der Waals surface area contributed by atoms with Crippen LogP contribution in [0.5, 0.6) is 0 Å². The summed E-state index contributed by atoms with van der Waals surface area (Å²) in [6.45, 7) is 0.565. The van der Waals surface area contributed by atoms with Crippen molar-refractivity contribution in [2.75, 3.05) is 0 Å². The van der Waals surface area contributed by atoms with E-state index in [9.17, 15) is 13.2 Å². The summed E-state index contributed by atoms with van der Waals surface area (Å²) in [5.74, 6) is -1.40. The van der Waals surface area contributed by atoms with Crippen molar-refractivity contribution in [3.8, 4) is 10.7 Å². The van der Waals surface area contributed by atoms with Crippen LogP contribution in [0.15, 0.2) is 47.2 Å². The SMILES string of the molecule is FC(F)(F)c1nc(-c2ccc(Cn3ccc4cccnc43)s2)no1. The van der Waals surface area contributed by atoms with Gasteiger partial charge in [0.15, 0.2) is 0 Å². The maximum atomic E-state index is 12.5. The predicted octanol–water partition coefficient (Wildman–Crippen LogP) is 4.21. The van der Waals surface area contributed by atoms with Crippen molar-refractivity contribution in [1.29, 1.82) is 0 Å². The molecule has 0 amide bonds. The zero-order valence-electron chi connectivity index (χ0n) is 12.0. The fourth-order valence-electron chi connectivity index (χ4n) is 2.34. The second-order valence-electron chi connectivity index (χ2n) is 5.05. The zero-order chi connectivity index (χ0) is 16.7. The molecule has 0 spiro atoms. The molecule has 4 aromatic rings. The van der Waals surface area contributed by atoms with Crippen molar-refractivity contribution in [3.63, 3.8) is 0 Å². The van der Waals surface area contributed by atoms with Gasteiger partial charge < -0.3 is 9.09 Å². The highest BCUT2D eigenvalue weighted by Gasteiger charge is 2.38. The Kier molecular flexibility index (Phi) is 3.38. The lowest BCUT2D eigenvalue weighted by Gasteiger charge is -2.01. The molecule has 0 bridgehead atoms. The molecule has 0 unspecified atom stereocenters. The molecule has 4 heterocycles. The molecule has 0 aliphatic rings. The topological polar surface area (TPSA) is 56.7 Å². The Labute approximate surface area is 137 Å². The molecule has 0 N–H and O–H groups in total. The Hall–Kier alpha value is -2.68. The zero-order valence-corrected chi connectivity index (χ0v) is 12.8. The van der Waals surface area contributed by atoms with Gasteiger partial charge in [-0.3, -0.25) is 0 Å². The van der Waals surface area contributed by atoms with Crippen LogP contribution in [0.4, 0.5) is 13.2 Å². The van der Waals surface area contributed by atoms with E-state index in [1.807, 2.05) is 35.0 Å². The third kappa shape index (κ3) is 2.67. The minimum absolute atomic E-state index is 0.0611. The molecule has 0 fully saturated rings. The summed E-state index contributed by atoms with van der Waals surface area (Å²) in [6.07, 6.45) is -0.995. The summed E-state index contributed by atoms with van der Waals surface area (Å²) in [6, 6.07) is 9.31. The fraction of sp³-hybridized carbons (Fsp3) is 0.133. The summed E-state index contributed by atoms with van der Waals surface area (Å²) in [5, 5.41) is 4.43. The summed E-state index contributed by atoms with van der Waals surface area (Å²) in [7, 11) is 0. The minimum atomic E-state index is -4.64. The van der Waals surface area contributed by atoms with E-state index in [2.05, 4.69) is 19.6 Å². The molecule has 0 aliphatic heterocycles. The van der Waals surface area contributed by atoms with Gasteiger partial charge in [0.25, 0.3) is 0 Å². The molecule has 0 radical (unpaired) electrons. The molecule has 4 aromatic heterocycles. The fourth-order valence-corrected chi connectivity index (χ4v) is 3.27. The van der Waals surface area contributed by atoms with Crippen LogP contribution in [-0.2, 0) is 12.7 Å². The molecule has 5 nitrogen and oxygen atoms in total. The van der Waals surface area contributed by atoms with Crippen molar-refractivity contribution in [3.05, 3.63) is 53.5 Å². The van der Waals surface area contributed by atoms with Gasteiger partial charge in [0.1, 0.15) is 5.65 Å². The van der Waals surface area contributed by atoms with Crippen LogP contribution in [0, 0.1) is 0 Å². The summed E-state index contributed by atoms with van der Waals surface area (Å²) < 4.78 is 43.8. The second-order valence-corrected chi connectivity index (χ2v) is 6.22. The van der Waals surface area contributed by atoms with Gasteiger partial charge in [-0.15, -0.1) is 11.3 Å². The smallest absolute Gasteiger partial charge is 0.329 e. The van der Waals surface area contributed by atoms with Crippen LogP contribution in [0.2, 0.25) is 0 Å². The first-order valence-electron chi connectivity index (χ1n) is 6.90. The third-order valence-electron chi connectivity index (χ3n) is 3.40. The summed E-state index contributed by atoms with van der Waals surface area (Å²) in [4.78, 5) is 9.21. The van der Waals surface area contributed by atoms with Gasteiger partial charge in [0.2, 0.25) is 5.82 Å². The van der Waals surface area contributed by atoms with Gasteiger partial charge in [0, 0.05) is 22.7 Å². The van der Waals surface area contributed by atoms with Crippen LogP contribution in [0.3, 0.4) is 0 Å². The Morgan fingerprint density at radius 2 is 2.04 bits per heavy atom. The first-order chi connectivity index (χ1) is 11.5. The number of aromatic nitrogens is 4. The molecule has 9 heteroatoms. The lowest BCUT2D eigenvalue weighted by Crippen LogP contribution is -2.04. The maximum absolute atomic E-state index is 12.5. The quantitative estimate of drug-likeness (QED) is 0.555. The van der Waals surface area contributed by atoms with E-state index in [4.69, 9.17) is 0 Å². The summed E-state index contributed by atoms with van der Waals surface area (Å²) in [5.41, 5.74) is 0.853. The summed E-state index contributed by atoms with van der Waals surface area (Å²) >= 11 is 1.32. The molecule has 0 aromatic carbocycles. The number of nitrogens with zero attached hydrogens (tertiary/aromatic N) is 4. The van der Waals surface area contributed by atoms with E-state index in [0.29, 0.717) is 11.4 Å². The van der Waals surface area contributed by atoms with Gasteiger partial charge in [-0.1, -0.05) is 5.16 Å². The lowest BCUT2D eigenvalue weighted by atomic mass is 10.3. The first-order valence-corrected chi connectivity index (χ1v) is 7.72. The van der Waals surface area contributed by atoms with Crippen molar-refractivity contribution < 1.29 is 17.7 Å². The number of hydrogen-bond acceptors (Lipinski definition) is 5. The highest BCUT2D eigenvalue weighted by Crippen LogP contribution is 2.32. The Balaban J connectivity index is 1.60. The van der Waals surface area contributed by atoms with Crippen molar-refractivity contribution in [2.24, 2.45) is 0 Å². The molecular weight excluding hydrogens is 341 g/mol. The molecule has 0 atom stereocenters. The van der Waals surface area contributed by atoms with E-state index in [1.165, 1.54) is 11.3 Å². The van der Waals surface area contributed by atoms with E-state index < -0.39 is 12.1 Å². The normalized spacial score (nSPS) is 12.1. The van der Waals surface area contributed by atoms with Crippen molar-refractivity contribution >= 4 is 22.4 Å². The lowest BCUT2D eigenvalue weighted by molar-refractivity contribution is -0.159. The number of rotatable bonds is 3. The Bertz CT molecular complexity index is 1000. The first kappa shape index (κ1) is 14.9. The van der Waals surface area contributed by atoms with Gasteiger partial charge in [-0.2, -0.15) is 18.2 Å². The van der Waals surface area contributed by atoms with E-state index in [1.54, 1.807) is 12.3 Å². The van der Waals surface area contributed by atoms with Crippen LogP contribution in [0.1, 0.15) is 10.8 Å². The molecular formula is C15H9F3N4OS. The average Bonchev–Trinajstić information content (AvgIpc) is 3.26. The molecule has 0 aliphatic carbocycles. The molecule has 0 saturated heterocycles. The third-order valence-corrected chi connectivity index (χ3v) is 4.47. The predicted molar refractivity (Wildman–Crippen MR) is 81.4 cm³/mol. The van der Waals surface area contributed by atoms with Gasteiger partial charge in [-0.25, -0.2) is 4.98 Å². The van der Waals surface area contributed by atoms with Crippen LogP contribution < -0.4 is 0 Å². The van der Waals surface area contributed by atoms with Crippen LogP contribution in [0.25, 0.3) is 21.7 Å². The van der Waals surface area contributed by atoms with Gasteiger partial charge in [0.05, 0.1) is 11.4 Å². The number of fused-ring (bicyclic) bond motifs is 1. The molecule has 0 saturated carbocycles.